The molecule has 0 fully saturated rings. The number of carbonyl (C=O) groups excluding carboxylic acids is 2. The first-order valence-electron chi connectivity index (χ1n) is 11.2. The Kier molecular flexibility index (Phi) is 7.10. The summed E-state index contributed by atoms with van der Waals surface area (Å²) in [5.41, 5.74) is 0.212. The molecule has 1 unspecified atom stereocenters. The van der Waals surface area contributed by atoms with Crippen LogP contribution >= 0.6 is 0 Å². The molecule has 1 N–H and O–H groups in total. The molecule has 1 atom stereocenters. The number of hydrogen-bond acceptors (Lipinski definition) is 5. The van der Waals surface area contributed by atoms with E-state index in [1.54, 1.807) is 18.2 Å². The minimum atomic E-state index is -4.83. The van der Waals surface area contributed by atoms with Crippen molar-refractivity contribution in [3.8, 4) is 11.5 Å². The van der Waals surface area contributed by atoms with Crippen molar-refractivity contribution in [1.29, 1.82) is 0 Å². The summed E-state index contributed by atoms with van der Waals surface area (Å²) < 4.78 is 65.1. The maximum Gasteiger partial charge on any atom is 0.435 e. The number of aromatic nitrogens is 2. The maximum absolute atomic E-state index is 13.7. The smallest absolute Gasteiger partial charge is 0.435 e. The van der Waals surface area contributed by atoms with Gasteiger partial charge < -0.3 is 19.7 Å². The third-order valence-corrected chi connectivity index (χ3v) is 6.12. The van der Waals surface area contributed by atoms with Crippen LogP contribution in [0.3, 0.4) is 0 Å². The first-order valence-corrected chi connectivity index (χ1v) is 11.2. The highest BCUT2D eigenvalue weighted by Crippen LogP contribution is 2.41. The molecule has 0 saturated carbocycles. The van der Waals surface area contributed by atoms with Crippen LogP contribution in [0.25, 0.3) is 0 Å². The summed E-state index contributed by atoms with van der Waals surface area (Å²) in [5.74, 6) is -1.10. The van der Waals surface area contributed by atoms with Crippen molar-refractivity contribution >= 4 is 11.8 Å². The number of methoxy groups -OCH3 is 2. The molecule has 0 bridgehead atoms. The number of alkyl halides is 3. The van der Waals surface area contributed by atoms with Gasteiger partial charge in [-0.2, -0.15) is 18.3 Å². The predicted octanol–water partition coefficient (Wildman–Crippen LogP) is 3.50. The first kappa shape index (κ1) is 26.0. The van der Waals surface area contributed by atoms with Crippen LogP contribution < -0.4 is 14.8 Å². The summed E-state index contributed by atoms with van der Waals surface area (Å²) in [6, 6.07) is 8.55. The average molecular weight is 520 g/mol. The molecule has 1 aliphatic rings. The van der Waals surface area contributed by atoms with E-state index in [4.69, 9.17) is 9.47 Å². The van der Waals surface area contributed by atoms with E-state index in [-0.39, 0.29) is 6.54 Å². The van der Waals surface area contributed by atoms with Crippen LogP contribution in [0.15, 0.2) is 42.6 Å². The highest BCUT2D eigenvalue weighted by atomic mass is 19.4. The molecule has 2 aromatic carbocycles. The summed E-state index contributed by atoms with van der Waals surface area (Å²) in [5, 5.41) is 5.60. The monoisotopic (exact) mass is 520 g/mol. The molecule has 1 aliphatic heterocycles. The zero-order chi connectivity index (χ0) is 26.9. The van der Waals surface area contributed by atoms with Crippen LogP contribution in [-0.4, -0.2) is 53.8 Å². The highest BCUT2D eigenvalue weighted by molar-refractivity contribution is 5.97. The Bertz CT molecular complexity index is 1320. The van der Waals surface area contributed by atoms with Gasteiger partial charge in [0, 0.05) is 19.8 Å². The molecule has 196 valence electrons. The zero-order valence-electron chi connectivity index (χ0n) is 20.2. The fraction of sp³-hybridized carbons (Fsp3) is 0.320. The molecule has 0 radical (unpaired) electrons. The summed E-state index contributed by atoms with van der Waals surface area (Å²) >= 11 is 0. The Morgan fingerprint density at radius 1 is 1.11 bits per heavy atom. The molecule has 0 aliphatic carbocycles. The number of ether oxygens (including phenoxy) is 2. The van der Waals surface area contributed by atoms with E-state index in [1.807, 2.05) is 6.07 Å². The summed E-state index contributed by atoms with van der Waals surface area (Å²) in [6.45, 7) is -0.300. The number of benzene rings is 2. The third-order valence-electron chi connectivity index (χ3n) is 6.12. The van der Waals surface area contributed by atoms with E-state index in [0.29, 0.717) is 23.5 Å². The van der Waals surface area contributed by atoms with Crippen molar-refractivity contribution in [2.45, 2.75) is 18.6 Å². The molecule has 2 heterocycles. The normalized spacial score (nSPS) is 15.2. The number of rotatable bonds is 6. The molecule has 12 heteroatoms. The van der Waals surface area contributed by atoms with Gasteiger partial charge in [0.15, 0.2) is 17.2 Å². The second-order valence-corrected chi connectivity index (χ2v) is 8.44. The zero-order valence-corrected chi connectivity index (χ0v) is 20.2. The van der Waals surface area contributed by atoms with E-state index < -0.39 is 47.7 Å². The average Bonchev–Trinajstić information content (AvgIpc) is 3.28. The molecule has 8 nitrogen and oxygen atoms in total. The van der Waals surface area contributed by atoms with Crippen molar-refractivity contribution in [3.63, 3.8) is 0 Å². The lowest BCUT2D eigenvalue weighted by atomic mass is 9.87. The second-order valence-electron chi connectivity index (χ2n) is 8.44. The fourth-order valence-electron chi connectivity index (χ4n) is 4.44. The van der Waals surface area contributed by atoms with Gasteiger partial charge in [-0.1, -0.05) is 12.1 Å². The van der Waals surface area contributed by atoms with Crippen LogP contribution in [0.1, 0.15) is 38.8 Å². The lowest BCUT2D eigenvalue weighted by molar-refractivity contribution is -0.141. The van der Waals surface area contributed by atoms with Crippen LogP contribution in [0, 0.1) is 5.82 Å². The molecule has 4 rings (SSSR count). The fourth-order valence-corrected chi connectivity index (χ4v) is 4.44. The van der Waals surface area contributed by atoms with Crippen molar-refractivity contribution in [2.75, 3.05) is 27.3 Å². The van der Waals surface area contributed by atoms with E-state index in [2.05, 4.69) is 10.4 Å². The minimum Gasteiger partial charge on any atom is -0.493 e. The number of fused-ring (bicyclic) bond motifs is 1. The first-order chi connectivity index (χ1) is 17.5. The molecule has 1 aromatic heterocycles. The molecule has 0 saturated heterocycles. The lowest BCUT2D eigenvalue weighted by Crippen LogP contribution is -2.45. The highest BCUT2D eigenvalue weighted by Gasteiger charge is 2.39. The van der Waals surface area contributed by atoms with Gasteiger partial charge in [-0.05, 0) is 47.4 Å². The van der Waals surface area contributed by atoms with Gasteiger partial charge in [-0.25, -0.2) is 4.39 Å². The number of nitrogens with zero attached hydrogens (tertiary/aromatic N) is 3. The van der Waals surface area contributed by atoms with E-state index in [1.165, 1.54) is 38.3 Å². The predicted molar refractivity (Wildman–Crippen MR) is 124 cm³/mol. The number of amides is 2. The number of aryl methyl sites for hydroxylation is 1. The summed E-state index contributed by atoms with van der Waals surface area (Å²) in [6.07, 6.45) is -3.43. The van der Waals surface area contributed by atoms with Crippen molar-refractivity contribution in [2.24, 2.45) is 7.05 Å². The Hall–Kier alpha value is -4.09. The quantitative estimate of drug-likeness (QED) is 0.503. The van der Waals surface area contributed by atoms with Gasteiger partial charge in [0.05, 0.1) is 32.4 Å². The van der Waals surface area contributed by atoms with Gasteiger partial charge in [-0.15, -0.1) is 0 Å². The standard InChI is InChI=1S/C25H24F4N4O4/c1-32-13-18(23(31-32)25(27,28)29)24(35)30-12-21(34)33-9-8-15-10-19(36-2)20(37-3)11-17(15)22(33)14-4-6-16(26)7-5-14/h4-7,10-11,13,22H,8-9,12H2,1-3H3,(H,30,35). The SMILES string of the molecule is COc1cc2c(cc1OC)C(c1ccc(F)cc1)N(C(=O)CNC(=O)c1cn(C)nc1C(F)(F)F)CC2. The molecule has 2 amide bonds. The molecule has 37 heavy (non-hydrogen) atoms. The van der Waals surface area contributed by atoms with E-state index in [9.17, 15) is 27.2 Å². The van der Waals surface area contributed by atoms with Crippen molar-refractivity contribution in [3.05, 3.63) is 76.4 Å². The maximum atomic E-state index is 13.7. The van der Waals surface area contributed by atoms with Crippen LogP contribution in [0.5, 0.6) is 11.5 Å². The van der Waals surface area contributed by atoms with Crippen molar-refractivity contribution in [1.82, 2.24) is 20.0 Å². The van der Waals surface area contributed by atoms with Crippen LogP contribution in [-0.2, 0) is 24.4 Å². The van der Waals surface area contributed by atoms with Crippen LogP contribution in [0.4, 0.5) is 17.6 Å². The Labute approximate surface area is 209 Å². The van der Waals surface area contributed by atoms with Gasteiger partial charge in [-0.3, -0.25) is 14.3 Å². The summed E-state index contributed by atoms with van der Waals surface area (Å²) in [4.78, 5) is 27.3. The largest absolute Gasteiger partial charge is 0.493 e. The number of carbonyl (C=O) groups is 2. The summed E-state index contributed by atoms with van der Waals surface area (Å²) in [7, 11) is 4.25. The van der Waals surface area contributed by atoms with E-state index in [0.717, 1.165) is 22.0 Å². The topological polar surface area (TPSA) is 85.7 Å². The second kappa shape index (κ2) is 10.1. The van der Waals surface area contributed by atoms with Crippen molar-refractivity contribution < 1.29 is 36.6 Å². The lowest BCUT2D eigenvalue weighted by Gasteiger charge is -2.38. The number of halogens is 4. The Morgan fingerprint density at radius 2 is 1.76 bits per heavy atom. The Balaban J connectivity index is 1.63. The number of nitrogens with one attached hydrogen (secondary N) is 1. The van der Waals surface area contributed by atoms with Gasteiger partial charge >= 0.3 is 6.18 Å². The Morgan fingerprint density at radius 3 is 2.38 bits per heavy atom. The molecule has 3 aromatic rings. The van der Waals surface area contributed by atoms with Gasteiger partial charge in [0.25, 0.3) is 5.91 Å². The molecule has 0 spiro atoms. The minimum absolute atomic E-state index is 0.250. The molecular formula is C25H24F4N4O4. The van der Waals surface area contributed by atoms with E-state index >= 15 is 0 Å². The van der Waals surface area contributed by atoms with Crippen LogP contribution in [0.2, 0.25) is 0 Å². The third kappa shape index (κ3) is 5.23. The molecular weight excluding hydrogens is 496 g/mol. The van der Waals surface area contributed by atoms with Gasteiger partial charge in [0.1, 0.15) is 5.82 Å². The number of hydrogen-bond donors (Lipinski definition) is 1. The van der Waals surface area contributed by atoms with Gasteiger partial charge in [0.2, 0.25) is 5.91 Å².